The Hall–Kier alpha value is -3.02. The summed E-state index contributed by atoms with van der Waals surface area (Å²) in [6.07, 6.45) is 0.0155. The van der Waals surface area contributed by atoms with Crippen LogP contribution in [-0.4, -0.2) is 99.1 Å². The zero-order valence-electron chi connectivity index (χ0n) is 22.4. The molecule has 39 heavy (non-hydrogen) atoms. The summed E-state index contributed by atoms with van der Waals surface area (Å²) in [4.78, 5) is 27.1. The van der Waals surface area contributed by atoms with Crippen molar-refractivity contribution in [3.8, 4) is 5.75 Å². The lowest BCUT2D eigenvalue weighted by Gasteiger charge is -2.34. The highest BCUT2D eigenvalue weighted by molar-refractivity contribution is 5.99. The number of hydrogen-bond donors (Lipinski definition) is 2. The van der Waals surface area contributed by atoms with Crippen LogP contribution in [0.4, 0.5) is 0 Å². The average molecular weight is 542 g/mol. The van der Waals surface area contributed by atoms with Gasteiger partial charge in [-0.15, -0.1) is 0 Å². The molecule has 212 valence electrons. The van der Waals surface area contributed by atoms with Crippen molar-refractivity contribution in [2.45, 2.75) is 26.1 Å². The second kappa shape index (κ2) is 15.5. The number of piperazine rings is 1. The summed E-state index contributed by atoms with van der Waals surface area (Å²) in [5.41, 5.74) is 4.04. The van der Waals surface area contributed by atoms with Crippen LogP contribution in [-0.2, 0) is 38.7 Å². The van der Waals surface area contributed by atoms with Crippen LogP contribution in [0.1, 0.15) is 33.5 Å². The van der Waals surface area contributed by atoms with Crippen molar-refractivity contribution in [1.82, 2.24) is 15.1 Å². The third-order valence-electron chi connectivity index (χ3n) is 6.85. The van der Waals surface area contributed by atoms with Gasteiger partial charge in [0, 0.05) is 56.9 Å². The Kier molecular flexibility index (Phi) is 11.5. The maximum Gasteiger partial charge on any atom is 0.305 e. The second-order valence-corrected chi connectivity index (χ2v) is 9.67. The first-order chi connectivity index (χ1) is 19.1. The smallest absolute Gasteiger partial charge is 0.305 e. The third-order valence-corrected chi connectivity index (χ3v) is 6.85. The molecule has 0 aliphatic carbocycles. The van der Waals surface area contributed by atoms with E-state index in [1.54, 1.807) is 0 Å². The largest absolute Gasteiger partial charge is 0.489 e. The van der Waals surface area contributed by atoms with Crippen LogP contribution < -0.4 is 10.1 Å². The van der Waals surface area contributed by atoms with Gasteiger partial charge >= 0.3 is 5.97 Å². The van der Waals surface area contributed by atoms with Crippen LogP contribution in [0, 0.1) is 0 Å². The predicted molar refractivity (Wildman–Crippen MR) is 145 cm³/mol. The van der Waals surface area contributed by atoms with Gasteiger partial charge in [0.25, 0.3) is 5.91 Å². The van der Waals surface area contributed by atoms with Crippen molar-refractivity contribution in [3.05, 3.63) is 64.7 Å². The molecule has 0 aromatic heterocycles. The number of ether oxygens (including phenoxy) is 4. The van der Waals surface area contributed by atoms with E-state index in [1.807, 2.05) is 18.2 Å². The van der Waals surface area contributed by atoms with Gasteiger partial charge in [0.05, 0.1) is 46.1 Å². The van der Waals surface area contributed by atoms with Gasteiger partial charge in [0.1, 0.15) is 12.4 Å². The molecule has 2 N–H and O–H groups in total. The summed E-state index contributed by atoms with van der Waals surface area (Å²) in [7, 11) is 0. The van der Waals surface area contributed by atoms with Crippen molar-refractivity contribution in [2.75, 3.05) is 72.4 Å². The van der Waals surface area contributed by atoms with E-state index in [0.29, 0.717) is 51.7 Å². The molecule has 10 heteroatoms. The zero-order valence-corrected chi connectivity index (χ0v) is 22.4. The van der Waals surface area contributed by atoms with Gasteiger partial charge in [-0.05, 0) is 23.3 Å². The molecule has 1 fully saturated rings. The van der Waals surface area contributed by atoms with Crippen molar-refractivity contribution < 1.29 is 33.6 Å². The van der Waals surface area contributed by atoms with Gasteiger partial charge in [-0.25, -0.2) is 0 Å². The molecule has 10 nitrogen and oxygen atoms in total. The van der Waals surface area contributed by atoms with Gasteiger partial charge in [-0.2, -0.15) is 0 Å². The van der Waals surface area contributed by atoms with E-state index in [9.17, 15) is 9.59 Å². The lowest BCUT2D eigenvalue weighted by atomic mass is 10.1. The van der Waals surface area contributed by atoms with E-state index in [1.165, 1.54) is 5.56 Å². The monoisotopic (exact) mass is 541 g/mol. The molecule has 0 spiro atoms. The van der Waals surface area contributed by atoms with E-state index >= 15 is 0 Å². The molecular weight excluding hydrogens is 502 g/mol. The van der Waals surface area contributed by atoms with E-state index in [-0.39, 0.29) is 18.9 Å². The summed E-state index contributed by atoms with van der Waals surface area (Å²) in [5, 5.41) is 11.4. The summed E-state index contributed by atoms with van der Waals surface area (Å²) in [6.45, 7) is 9.74. The van der Waals surface area contributed by atoms with Crippen molar-refractivity contribution >= 4 is 11.9 Å². The molecule has 0 atom stereocenters. The zero-order chi connectivity index (χ0) is 27.3. The van der Waals surface area contributed by atoms with Crippen LogP contribution in [0.3, 0.4) is 0 Å². The Bertz CT molecular complexity index is 1060. The highest BCUT2D eigenvalue weighted by atomic mass is 16.5. The minimum absolute atomic E-state index is 0.0155. The van der Waals surface area contributed by atoms with E-state index in [4.69, 9.17) is 24.1 Å². The minimum Gasteiger partial charge on any atom is -0.489 e. The lowest BCUT2D eigenvalue weighted by Crippen LogP contribution is -2.46. The number of nitrogens with zero attached hydrogens (tertiary/aromatic N) is 2. The Morgan fingerprint density at radius 1 is 0.821 bits per heavy atom. The summed E-state index contributed by atoms with van der Waals surface area (Å²) in [5.74, 6) is -0.126. The molecule has 0 radical (unpaired) electrons. The molecule has 1 amide bonds. The lowest BCUT2D eigenvalue weighted by molar-refractivity contribution is -0.138. The quantitative estimate of drug-likeness (QED) is 0.291. The number of carboxylic acids is 1. The van der Waals surface area contributed by atoms with E-state index in [2.05, 4.69) is 39.4 Å². The summed E-state index contributed by atoms with van der Waals surface area (Å²) in [6, 6.07) is 14.2. The molecule has 1 saturated heterocycles. The molecular formula is C29H39N3O7. The maximum absolute atomic E-state index is 11.8. The minimum atomic E-state index is -0.857. The molecule has 0 bridgehead atoms. The van der Waals surface area contributed by atoms with Crippen molar-refractivity contribution in [2.24, 2.45) is 0 Å². The van der Waals surface area contributed by atoms with Gasteiger partial charge in [-0.3, -0.25) is 19.4 Å². The maximum atomic E-state index is 11.8. The first kappa shape index (κ1) is 29.0. The van der Waals surface area contributed by atoms with E-state index in [0.717, 1.165) is 56.1 Å². The van der Waals surface area contributed by atoms with Crippen molar-refractivity contribution in [1.29, 1.82) is 0 Å². The summed E-state index contributed by atoms with van der Waals surface area (Å²) >= 11 is 0. The molecule has 2 aliphatic heterocycles. The Morgan fingerprint density at radius 3 is 2.18 bits per heavy atom. The fourth-order valence-corrected chi connectivity index (χ4v) is 4.59. The van der Waals surface area contributed by atoms with Crippen molar-refractivity contribution in [3.63, 3.8) is 0 Å². The second-order valence-electron chi connectivity index (χ2n) is 9.67. The normalized spacial score (nSPS) is 15.7. The number of nitrogens with one attached hydrogen (secondary N) is 1. The number of rotatable bonds is 17. The number of benzene rings is 2. The van der Waals surface area contributed by atoms with Crippen LogP contribution in [0.25, 0.3) is 0 Å². The molecule has 0 unspecified atom stereocenters. The molecule has 0 saturated carbocycles. The fourth-order valence-electron chi connectivity index (χ4n) is 4.59. The number of fused-ring (bicyclic) bond motifs is 1. The molecule has 4 rings (SSSR count). The van der Waals surface area contributed by atoms with Crippen LogP contribution in [0.15, 0.2) is 42.5 Å². The van der Waals surface area contributed by atoms with Gasteiger partial charge in [0.2, 0.25) is 0 Å². The Morgan fingerprint density at radius 2 is 1.46 bits per heavy atom. The number of amides is 1. The molecule has 2 aromatic rings. The molecule has 2 aromatic carbocycles. The molecule has 2 heterocycles. The number of hydrogen-bond acceptors (Lipinski definition) is 8. The first-order valence-electron chi connectivity index (χ1n) is 13.6. The average Bonchev–Trinajstić information content (AvgIpc) is 3.33. The van der Waals surface area contributed by atoms with Crippen LogP contribution in [0.5, 0.6) is 5.75 Å². The SMILES string of the molecule is O=C(O)CCOCCOCCOCCN1CCN(Cc2ccc(COc3cccc4c3CNC4=O)cc2)CC1. The number of carbonyl (C=O) groups excluding carboxylic acids is 1. The standard InChI is InChI=1S/C29H39N3O7/c33-28(34)8-14-36-16-18-38-19-17-37-15-13-31-9-11-32(12-10-31)21-23-4-6-24(7-5-23)22-39-27-3-1-2-25-26(27)20-30-29(25)35/h1-7H,8-22H2,(H,30,35)(H,33,34). The van der Waals surface area contributed by atoms with Crippen LogP contribution in [0.2, 0.25) is 0 Å². The van der Waals surface area contributed by atoms with Gasteiger partial charge < -0.3 is 29.4 Å². The highest BCUT2D eigenvalue weighted by Crippen LogP contribution is 2.27. The molecule has 2 aliphatic rings. The summed E-state index contributed by atoms with van der Waals surface area (Å²) < 4.78 is 22.3. The Balaban J connectivity index is 1.04. The predicted octanol–water partition coefficient (Wildman–Crippen LogP) is 2.15. The number of aliphatic carboxylic acids is 1. The number of carbonyl (C=O) groups is 2. The Labute approximate surface area is 229 Å². The number of carboxylic acid groups (broad SMARTS) is 1. The highest BCUT2D eigenvalue weighted by Gasteiger charge is 2.22. The third kappa shape index (κ3) is 9.59. The first-order valence-corrected chi connectivity index (χ1v) is 13.6. The van der Waals surface area contributed by atoms with Gasteiger partial charge in [0.15, 0.2) is 0 Å². The topological polar surface area (TPSA) is 110 Å². The fraction of sp³-hybridized carbons (Fsp3) is 0.517. The van der Waals surface area contributed by atoms with Crippen LogP contribution >= 0.6 is 0 Å². The van der Waals surface area contributed by atoms with Gasteiger partial charge in [-0.1, -0.05) is 30.3 Å². The van der Waals surface area contributed by atoms with E-state index < -0.39 is 5.97 Å².